The van der Waals surface area contributed by atoms with E-state index >= 15 is 0 Å². The first kappa shape index (κ1) is 25.6. The molecule has 0 heterocycles. The average Bonchev–Trinajstić information content (AvgIpc) is 2.72. The number of nitrogens with zero attached hydrogens (tertiary/aromatic N) is 1. The molecular formula is C22H35N3O5. The first-order chi connectivity index (χ1) is 14.1. The Morgan fingerprint density at radius 1 is 1.17 bits per heavy atom. The predicted octanol–water partition coefficient (Wildman–Crippen LogP) is 1.50. The van der Waals surface area contributed by atoms with Gasteiger partial charge < -0.3 is 15.7 Å². The third-order valence-corrected chi connectivity index (χ3v) is 5.09. The predicted molar refractivity (Wildman–Crippen MR) is 114 cm³/mol. The number of hydrogen-bond donors (Lipinski definition) is 4. The van der Waals surface area contributed by atoms with Gasteiger partial charge in [-0.1, -0.05) is 51.1 Å². The maximum atomic E-state index is 13.1. The van der Waals surface area contributed by atoms with E-state index < -0.39 is 35.2 Å². The quantitative estimate of drug-likeness (QED) is 0.232. The lowest BCUT2D eigenvalue weighted by Gasteiger charge is -2.33. The van der Waals surface area contributed by atoms with Crippen molar-refractivity contribution in [3.63, 3.8) is 0 Å². The lowest BCUT2D eigenvalue weighted by molar-refractivity contribution is -0.166. The average molecular weight is 422 g/mol. The fraction of sp³-hybridized carbons (Fsp3) is 0.591. The van der Waals surface area contributed by atoms with Gasteiger partial charge in [-0.15, -0.1) is 0 Å². The van der Waals surface area contributed by atoms with E-state index in [0.717, 1.165) is 12.0 Å². The van der Waals surface area contributed by atoms with Crippen molar-refractivity contribution in [2.24, 2.45) is 11.3 Å². The van der Waals surface area contributed by atoms with Crippen molar-refractivity contribution in [3.05, 3.63) is 35.9 Å². The third kappa shape index (κ3) is 8.12. The van der Waals surface area contributed by atoms with Gasteiger partial charge in [0.05, 0.1) is 18.6 Å². The summed E-state index contributed by atoms with van der Waals surface area (Å²) in [6.45, 7) is 6.97. The number of carbonyl (C=O) groups excluding carboxylic acids is 3. The van der Waals surface area contributed by atoms with Crippen LogP contribution in [0.5, 0.6) is 0 Å². The molecule has 3 unspecified atom stereocenters. The van der Waals surface area contributed by atoms with Gasteiger partial charge in [0.1, 0.15) is 6.04 Å². The first-order valence-corrected chi connectivity index (χ1v) is 10.3. The summed E-state index contributed by atoms with van der Waals surface area (Å²) < 4.78 is 0. The molecule has 0 aliphatic carbocycles. The van der Waals surface area contributed by atoms with E-state index in [1.54, 1.807) is 6.92 Å². The SMILES string of the molecule is CC(C(CCCc1ccccc1)C(=O)NC(C(=O)NCCO)C(C)(C)C)N(O)C=O. The number of rotatable bonds is 12. The Hall–Kier alpha value is -2.45. The highest BCUT2D eigenvalue weighted by Crippen LogP contribution is 2.23. The third-order valence-electron chi connectivity index (χ3n) is 5.09. The summed E-state index contributed by atoms with van der Waals surface area (Å²) in [5, 5.41) is 24.7. The molecule has 8 heteroatoms. The molecule has 1 aromatic rings. The Balaban J connectivity index is 2.92. The van der Waals surface area contributed by atoms with Crippen LogP contribution in [0, 0.1) is 11.3 Å². The summed E-state index contributed by atoms with van der Waals surface area (Å²) in [5.74, 6) is -1.49. The number of nitrogens with one attached hydrogen (secondary N) is 2. The molecule has 3 amide bonds. The molecule has 0 spiro atoms. The number of carbonyl (C=O) groups is 3. The second-order valence-electron chi connectivity index (χ2n) is 8.53. The molecule has 30 heavy (non-hydrogen) atoms. The minimum absolute atomic E-state index is 0.0910. The molecular weight excluding hydrogens is 386 g/mol. The molecule has 3 atom stereocenters. The molecule has 0 radical (unpaired) electrons. The van der Waals surface area contributed by atoms with Crippen molar-refractivity contribution in [1.82, 2.24) is 15.7 Å². The van der Waals surface area contributed by atoms with Crippen LogP contribution in [0.3, 0.4) is 0 Å². The second-order valence-corrected chi connectivity index (χ2v) is 8.53. The van der Waals surface area contributed by atoms with Gasteiger partial charge in [-0.2, -0.15) is 0 Å². The molecule has 168 valence electrons. The zero-order valence-electron chi connectivity index (χ0n) is 18.3. The number of hydroxylamine groups is 2. The van der Waals surface area contributed by atoms with Crippen LogP contribution in [0.25, 0.3) is 0 Å². The summed E-state index contributed by atoms with van der Waals surface area (Å²) in [7, 11) is 0. The van der Waals surface area contributed by atoms with Gasteiger partial charge in [0.25, 0.3) is 0 Å². The summed E-state index contributed by atoms with van der Waals surface area (Å²) in [6.07, 6.45) is 2.14. The molecule has 4 N–H and O–H groups in total. The number of aryl methyl sites for hydroxylation is 1. The number of amides is 3. The number of hydrogen-bond acceptors (Lipinski definition) is 5. The summed E-state index contributed by atoms with van der Waals surface area (Å²) in [4.78, 5) is 36.6. The van der Waals surface area contributed by atoms with Crippen LogP contribution in [0.4, 0.5) is 0 Å². The zero-order valence-corrected chi connectivity index (χ0v) is 18.3. The Morgan fingerprint density at radius 2 is 1.80 bits per heavy atom. The van der Waals surface area contributed by atoms with E-state index in [4.69, 9.17) is 5.11 Å². The van der Waals surface area contributed by atoms with E-state index in [1.165, 1.54) is 0 Å². The Kier molecular flexibility index (Phi) is 10.5. The Labute approximate surface area is 178 Å². The standard InChI is InChI=1S/C22H35N3O5/c1-16(25(30)15-27)18(12-8-11-17-9-6-5-7-10-17)20(28)24-19(22(2,3)4)21(29)23-13-14-26/h5-7,9-10,15-16,18-19,26,30H,8,11-14H2,1-4H3,(H,23,29)(H,24,28). The van der Waals surface area contributed by atoms with E-state index in [0.29, 0.717) is 17.9 Å². The zero-order chi connectivity index (χ0) is 22.7. The van der Waals surface area contributed by atoms with Gasteiger partial charge >= 0.3 is 0 Å². The van der Waals surface area contributed by atoms with Crippen LogP contribution in [0.15, 0.2) is 30.3 Å². The topological polar surface area (TPSA) is 119 Å². The van der Waals surface area contributed by atoms with Crippen LogP contribution in [0.1, 0.15) is 46.1 Å². The van der Waals surface area contributed by atoms with Crippen molar-refractivity contribution >= 4 is 18.2 Å². The first-order valence-electron chi connectivity index (χ1n) is 10.3. The Morgan fingerprint density at radius 3 is 2.33 bits per heavy atom. The highest BCUT2D eigenvalue weighted by Gasteiger charge is 2.36. The molecule has 0 saturated heterocycles. The van der Waals surface area contributed by atoms with Crippen molar-refractivity contribution in [3.8, 4) is 0 Å². The van der Waals surface area contributed by atoms with Gasteiger partial charge in [-0.05, 0) is 37.2 Å². The van der Waals surface area contributed by atoms with Crippen molar-refractivity contribution in [1.29, 1.82) is 0 Å². The van der Waals surface area contributed by atoms with Crippen molar-refractivity contribution in [2.75, 3.05) is 13.2 Å². The van der Waals surface area contributed by atoms with E-state index in [-0.39, 0.29) is 19.6 Å². The second kappa shape index (κ2) is 12.3. The van der Waals surface area contributed by atoms with E-state index in [1.807, 2.05) is 51.1 Å². The fourth-order valence-corrected chi connectivity index (χ4v) is 3.25. The maximum absolute atomic E-state index is 13.1. The molecule has 0 aromatic heterocycles. The largest absolute Gasteiger partial charge is 0.395 e. The summed E-state index contributed by atoms with van der Waals surface area (Å²) in [6, 6.07) is 8.26. The molecule has 0 fully saturated rings. The molecule has 0 aliphatic heterocycles. The van der Waals surface area contributed by atoms with E-state index in [9.17, 15) is 19.6 Å². The van der Waals surface area contributed by atoms with Crippen molar-refractivity contribution < 1.29 is 24.7 Å². The number of aliphatic hydroxyl groups excluding tert-OH is 1. The normalized spacial score (nSPS) is 14.3. The number of aliphatic hydroxyl groups is 1. The monoisotopic (exact) mass is 421 g/mol. The van der Waals surface area contributed by atoms with Gasteiger partial charge in [0.15, 0.2) is 0 Å². The molecule has 8 nitrogen and oxygen atoms in total. The van der Waals surface area contributed by atoms with Crippen LogP contribution < -0.4 is 10.6 Å². The van der Waals surface area contributed by atoms with Gasteiger partial charge in [0.2, 0.25) is 18.2 Å². The van der Waals surface area contributed by atoms with Gasteiger partial charge in [-0.25, -0.2) is 5.06 Å². The molecule has 0 bridgehead atoms. The Bertz CT molecular complexity index is 675. The molecule has 1 rings (SSSR count). The lowest BCUT2D eigenvalue weighted by atomic mass is 9.84. The van der Waals surface area contributed by atoms with Crippen LogP contribution in [0.2, 0.25) is 0 Å². The summed E-state index contributed by atoms with van der Waals surface area (Å²) in [5.41, 5.74) is 0.563. The fourth-order valence-electron chi connectivity index (χ4n) is 3.25. The van der Waals surface area contributed by atoms with Crippen LogP contribution in [-0.4, -0.2) is 58.8 Å². The minimum Gasteiger partial charge on any atom is -0.395 e. The van der Waals surface area contributed by atoms with Gasteiger partial charge in [-0.3, -0.25) is 19.6 Å². The summed E-state index contributed by atoms with van der Waals surface area (Å²) >= 11 is 0. The van der Waals surface area contributed by atoms with E-state index in [2.05, 4.69) is 10.6 Å². The van der Waals surface area contributed by atoms with Crippen molar-refractivity contribution in [2.45, 2.75) is 59.0 Å². The lowest BCUT2D eigenvalue weighted by Crippen LogP contribution is -2.56. The highest BCUT2D eigenvalue weighted by molar-refractivity contribution is 5.89. The molecule has 0 aliphatic rings. The smallest absolute Gasteiger partial charge is 0.243 e. The van der Waals surface area contributed by atoms with Gasteiger partial charge in [0, 0.05) is 6.54 Å². The van der Waals surface area contributed by atoms with Crippen LogP contribution >= 0.6 is 0 Å². The molecule has 1 aromatic carbocycles. The minimum atomic E-state index is -0.830. The molecule has 0 saturated carbocycles. The number of benzene rings is 1. The van der Waals surface area contributed by atoms with Crippen LogP contribution in [-0.2, 0) is 20.8 Å². The highest BCUT2D eigenvalue weighted by atomic mass is 16.5. The maximum Gasteiger partial charge on any atom is 0.243 e.